The van der Waals surface area contributed by atoms with Crippen molar-refractivity contribution in [3.63, 3.8) is 0 Å². The van der Waals surface area contributed by atoms with Crippen molar-refractivity contribution in [1.29, 1.82) is 0 Å². The van der Waals surface area contributed by atoms with Crippen LogP contribution in [0.3, 0.4) is 0 Å². The molecular weight excluding hydrogens is 424 g/mol. The first-order valence-electron chi connectivity index (χ1n) is 9.48. The van der Waals surface area contributed by atoms with E-state index in [9.17, 15) is 18.0 Å². The van der Waals surface area contributed by atoms with Crippen LogP contribution in [0.4, 0.5) is 5.69 Å². The molecule has 2 aromatic rings. The molecule has 3 rings (SSSR count). The molecule has 9 heteroatoms. The van der Waals surface area contributed by atoms with Gasteiger partial charge in [0, 0.05) is 29.6 Å². The monoisotopic (exact) mass is 448 g/mol. The highest BCUT2D eigenvalue weighted by Gasteiger charge is 2.32. The van der Waals surface area contributed by atoms with Crippen molar-refractivity contribution in [2.75, 3.05) is 31.8 Å². The van der Waals surface area contributed by atoms with Gasteiger partial charge in [-0.3, -0.25) is 4.79 Å². The maximum atomic E-state index is 12.8. The number of carbonyl (C=O) groups excluding carboxylic acids is 2. The fraction of sp³-hybridized carbons (Fsp3) is 0.333. The molecule has 0 aromatic heterocycles. The number of nitrogens with one attached hydrogen (secondary N) is 1. The van der Waals surface area contributed by atoms with Gasteiger partial charge in [0.05, 0.1) is 17.6 Å². The van der Waals surface area contributed by atoms with E-state index in [1.165, 1.54) is 11.4 Å². The highest BCUT2D eigenvalue weighted by Crippen LogP contribution is 2.26. The number of hydrogen-bond donors (Lipinski definition) is 1. The molecule has 1 aliphatic heterocycles. The van der Waals surface area contributed by atoms with Gasteiger partial charge >= 0.3 is 5.97 Å². The molecule has 0 spiro atoms. The molecule has 0 saturated carbocycles. The molecule has 0 aliphatic carbocycles. The first-order valence-corrected chi connectivity index (χ1v) is 12.1. The van der Waals surface area contributed by atoms with Gasteiger partial charge in [0.1, 0.15) is 0 Å². The van der Waals surface area contributed by atoms with Gasteiger partial charge in [-0.15, -0.1) is 11.8 Å². The second-order valence-corrected chi connectivity index (χ2v) is 9.73. The smallest absolute Gasteiger partial charge is 0.337 e. The Kier molecular flexibility index (Phi) is 7.17. The van der Waals surface area contributed by atoms with Crippen molar-refractivity contribution >= 4 is 39.3 Å². The van der Waals surface area contributed by atoms with Gasteiger partial charge in [0.25, 0.3) is 0 Å². The summed E-state index contributed by atoms with van der Waals surface area (Å²) in [5, 5.41) is 2.83. The molecule has 0 radical (unpaired) electrons. The summed E-state index contributed by atoms with van der Waals surface area (Å²) < 4.78 is 31.8. The molecule has 30 heavy (non-hydrogen) atoms. The summed E-state index contributed by atoms with van der Waals surface area (Å²) in [6.07, 6.45) is 2.84. The van der Waals surface area contributed by atoms with Crippen molar-refractivity contribution < 1.29 is 22.7 Å². The minimum absolute atomic E-state index is 0.151. The minimum atomic E-state index is -3.56. The van der Waals surface area contributed by atoms with E-state index in [1.54, 1.807) is 60.3 Å². The Morgan fingerprint density at radius 1 is 1.03 bits per heavy atom. The molecule has 1 aliphatic rings. The molecule has 1 fully saturated rings. The summed E-state index contributed by atoms with van der Waals surface area (Å²) in [6.45, 7) is 0.595. The highest BCUT2D eigenvalue weighted by molar-refractivity contribution is 7.98. The van der Waals surface area contributed by atoms with E-state index in [2.05, 4.69) is 10.1 Å². The van der Waals surface area contributed by atoms with Crippen molar-refractivity contribution in [2.45, 2.75) is 22.6 Å². The molecule has 7 nitrogen and oxygen atoms in total. The van der Waals surface area contributed by atoms with Crippen LogP contribution in [0.1, 0.15) is 23.2 Å². The quantitative estimate of drug-likeness (QED) is 0.539. The summed E-state index contributed by atoms with van der Waals surface area (Å²) in [4.78, 5) is 25.3. The number of rotatable bonds is 6. The number of methoxy groups -OCH3 is 1. The molecule has 0 atom stereocenters. The first-order chi connectivity index (χ1) is 14.3. The number of esters is 1. The molecular formula is C21H24N2O5S2. The Balaban J connectivity index is 1.57. The summed E-state index contributed by atoms with van der Waals surface area (Å²) in [6, 6.07) is 13.3. The first kappa shape index (κ1) is 22.3. The Morgan fingerprint density at radius 2 is 1.63 bits per heavy atom. The van der Waals surface area contributed by atoms with Crippen molar-refractivity contribution in [3.8, 4) is 0 Å². The van der Waals surface area contributed by atoms with E-state index in [0.717, 1.165) is 4.90 Å². The standard InChI is InChI=1S/C21H24N2O5S2/c1-28-21(25)16-3-5-17(6-4-16)22-20(24)15-11-13-23(14-12-15)30(26,27)19-9-7-18(29-2)8-10-19/h3-10,15H,11-14H2,1-2H3,(H,22,24). The Bertz CT molecular complexity index is 997. The third-order valence-electron chi connectivity index (χ3n) is 5.10. The van der Waals surface area contributed by atoms with Gasteiger partial charge in [0.2, 0.25) is 15.9 Å². The van der Waals surface area contributed by atoms with Crippen LogP contribution >= 0.6 is 11.8 Å². The zero-order valence-corrected chi connectivity index (χ0v) is 18.5. The lowest BCUT2D eigenvalue weighted by atomic mass is 9.97. The number of benzene rings is 2. The predicted molar refractivity (Wildman–Crippen MR) is 116 cm³/mol. The van der Waals surface area contributed by atoms with Gasteiger partial charge < -0.3 is 10.1 Å². The molecule has 1 N–H and O–H groups in total. The number of piperidine rings is 1. The van der Waals surface area contributed by atoms with Crippen molar-refractivity contribution in [1.82, 2.24) is 4.31 Å². The second-order valence-electron chi connectivity index (χ2n) is 6.91. The third kappa shape index (κ3) is 5.03. The average Bonchev–Trinajstić information content (AvgIpc) is 2.79. The third-order valence-corrected chi connectivity index (χ3v) is 7.75. The number of carbonyl (C=O) groups is 2. The van der Waals surface area contributed by atoms with E-state index < -0.39 is 16.0 Å². The van der Waals surface area contributed by atoms with Crippen molar-refractivity contribution in [3.05, 3.63) is 54.1 Å². The largest absolute Gasteiger partial charge is 0.465 e. The van der Waals surface area contributed by atoms with Gasteiger partial charge in [-0.1, -0.05) is 0 Å². The van der Waals surface area contributed by atoms with Crippen LogP contribution in [-0.4, -0.2) is 51.1 Å². The number of sulfonamides is 1. The topological polar surface area (TPSA) is 92.8 Å². The molecule has 160 valence electrons. The predicted octanol–water partition coefficient (Wildman–Crippen LogP) is 3.23. The average molecular weight is 449 g/mol. The van der Waals surface area contributed by atoms with Crippen molar-refractivity contribution in [2.24, 2.45) is 5.92 Å². The Hall–Kier alpha value is -2.36. The van der Waals surface area contributed by atoms with Gasteiger partial charge in [-0.2, -0.15) is 4.31 Å². The number of anilines is 1. The van der Waals surface area contributed by atoms with E-state index in [0.29, 0.717) is 37.2 Å². The number of ether oxygens (including phenoxy) is 1. The molecule has 1 heterocycles. The van der Waals surface area contributed by atoms with E-state index >= 15 is 0 Å². The number of nitrogens with zero attached hydrogens (tertiary/aromatic N) is 1. The van der Waals surface area contributed by atoms with Crippen LogP contribution in [-0.2, 0) is 19.6 Å². The van der Waals surface area contributed by atoms with Gasteiger partial charge in [0.15, 0.2) is 0 Å². The summed E-state index contributed by atoms with van der Waals surface area (Å²) in [5.74, 6) is -0.859. The lowest BCUT2D eigenvalue weighted by molar-refractivity contribution is -0.120. The lowest BCUT2D eigenvalue weighted by Crippen LogP contribution is -2.41. The molecule has 1 saturated heterocycles. The van der Waals surface area contributed by atoms with Crippen LogP contribution in [0, 0.1) is 5.92 Å². The fourth-order valence-corrected chi connectivity index (χ4v) is 5.18. The number of amides is 1. The number of thioether (sulfide) groups is 1. The van der Waals surface area contributed by atoms with Crippen LogP contribution in [0.15, 0.2) is 58.3 Å². The Labute approximate surface area is 180 Å². The lowest BCUT2D eigenvalue weighted by Gasteiger charge is -2.30. The highest BCUT2D eigenvalue weighted by atomic mass is 32.2. The molecule has 0 bridgehead atoms. The molecule has 1 amide bonds. The Morgan fingerprint density at radius 3 is 2.17 bits per heavy atom. The maximum Gasteiger partial charge on any atom is 0.337 e. The van der Waals surface area contributed by atoms with Crippen LogP contribution in [0.25, 0.3) is 0 Å². The number of hydrogen-bond acceptors (Lipinski definition) is 6. The summed E-state index contributed by atoms with van der Waals surface area (Å²) >= 11 is 1.56. The minimum Gasteiger partial charge on any atom is -0.465 e. The zero-order valence-electron chi connectivity index (χ0n) is 16.8. The summed E-state index contributed by atoms with van der Waals surface area (Å²) in [5.41, 5.74) is 0.983. The van der Waals surface area contributed by atoms with Gasteiger partial charge in [-0.05, 0) is 67.6 Å². The fourth-order valence-electron chi connectivity index (χ4n) is 3.31. The maximum absolute atomic E-state index is 12.8. The van der Waals surface area contributed by atoms with Crippen LogP contribution in [0.5, 0.6) is 0 Å². The zero-order chi connectivity index (χ0) is 21.7. The van der Waals surface area contributed by atoms with Gasteiger partial charge in [-0.25, -0.2) is 13.2 Å². The SMILES string of the molecule is COC(=O)c1ccc(NC(=O)C2CCN(S(=O)(=O)c3ccc(SC)cc3)CC2)cc1. The normalized spacial score (nSPS) is 15.5. The molecule has 2 aromatic carbocycles. The van der Waals surface area contributed by atoms with E-state index in [-0.39, 0.29) is 16.7 Å². The summed E-state index contributed by atoms with van der Waals surface area (Å²) in [7, 11) is -2.25. The van der Waals surface area contributed by atoms with Crippen LogP contribution < -0.4 is 5.32 Å². The van der Waals surface area contributed by atoms with E-state index in [1.807, 2.05) is 6.26 Å². The van der Waals surface area contributed by atoms with Crippen LogP contribution in [0.2, 0.25) is 0 Å². The van der Waals surface area contributed by atoms with E-state index in [4.69, 9.17) is 0 Å². The molecule has 0 unspecified atom stereocenters. The second kappa shape index (κ2) is 9.63.